The lowest BCUT2D eigenvalue weighted by Gasteiger charge is -2.25. The van der Waals surface area contributed by atoms with E-state index in [-0.39, 0.29) is 12.0 Å². The van der Waals surface area contributed by atoms with Crippen LogP contribution in [0.1, 0.15) is 41.8 Å². The average Bonchev–Trinajstić information content (AvgIpc) is 3.09. The van der Waals surface area contributed by atoms with E-state index in [4.69, 9.17) is 9.47 Å². The Labute approximate surface area is 180 Å². The fourth-order valence-corrected chi connectivity index (χ4v) is 4.58. The number of hydrogen-bond donors (Lipinski definition) is 1. The van der Waals surface area contributed by atoms with Gasteiger partial charge >= 0.3 is 6.09 Å². The number of carbonyl (C=O) groups is 2. The maximum absolute atomic E-state index is 12.5. The smallest absolute Gasteiger partial charge is 0.410 e. The van der Waals surface area contributed by atoms with Crippen molar-refractivity contribution >= 4 is 28.3 Å². The van der Waals surface area contributed by atoms with E-state index >= 15 is 0 Å². The van der Waals surface area contributed by atoms with Gasteiger partial charge in [-0.3, -0.25) is 4.79 Å². The number of nitrogens with one attached hydrogen (secondary N) is 1. The summed E-state index contributed by atoms with van der Waals surface area (Å²) in [6.45, 7) is 5.55. The highest BCUT2D eigenvalue weighted by atomic mass is 32.1. The average molecular weight is 428 g/mol. The summed E-state index contributed by atoms with van der Waals surface area (Å²) >= 11 is 1.36. The molecule has 7 nitrogen and oxygen atoms in total. The Kier molecular flexibility index (Phi) is 7.31. The van der Waals surface area contributed by atoms with Crippen LogP contribution < -0.4 is 10.1 Å². The molecule has 1 aromatic heterocycles. The summed E-state index contributed by atoms with van der Waals surface area (Å²) in [7, 11) is 0. The Bertz CT molecular complexity index is 947. The fourth-order valence-electron chi connectivity index (χ4n) is 3.35. The molecule has 2 heterocycles. The number of carbonyl (C=O) groups excluding carboxylic acids is 2. The molecule has 8 heteroatoms. The normalized spacial score (nSPS) is 12.6. The minimum atomic E-state index is -0.351. The van der Waals surface area contributed by atoms with Gasteiger partial charge in [0.2, 0.25) is 5.91 Å². The van der Waals surface area contributed by atoms with E-state index in [0.29, 0.717) is 56.1 Å². The Morgan fingerprint density at radius 3 is 2.67 bits per heavy atom. The van der Waals surface area contributed by atoms with Crippen LogP contribution in [0.5, 0.6) is 5.75 Å². The SMILES string of the molecule is CCOC(=O)N1CCc2c(sc(NC(=O)CCc3ccc(OCC)cc3)c2C#N)C1. The molecule has 0 atom stereocenters. The molecule has 1 aliphatic heterocycles. The van der Waals surface area contributed by atoms with Crippen LogP contribution in [0.2, 0.25) is 0 Å². The molecule has 0 saturated carbocycles. The van der Waals surface area contributed by atoms with Gasteiger partial charge in [0.15, 0.2) is 0 Å². The Balaban J connectivity index is 1.62. The zero-order valence-electron chi connectivity index (χ0n) is 17.2. The number of aryl methyl sites for hydroxylation is 1. The number of nitrogens with zero attached hydrogens (tertiary/aromatic N) is 2. The van der Waals surface area contributed by atoms with E-state index in [0.717, 1.165) is 21.8 Å². The molecule has 2 aromatic rings. The Morgan fingerprint density at radius 2 is 2.00 bits per heavy atom. The van der Waals surface area contributed by atoms with Gasteiger partial charge in [-0.25, -0.2) is 4.79 Å². The monoisotopic (exact) mass is 427 g/mol. The molecule has 1 N–H and O–H groups in total. The predicted octanol–water partition coefficient (Wildman–Crippen LogP) is 4.10. The number of ether oxygens (including phenoxy) is 2. The predicted molar refractivity (Wildman–Crippen MR) is 115 cm³/mol. The van der Waals surface area contributed by atoms with Gasteiger partial charge in [-0.1, -0.05) is 12.1 Å². The van der Waals surface area contributed by atoms with Crippen molar-refractivity contribution in [3.63, 3.8) is 0 Å². The standard InChI is InChI=1S/C22H25N3O4S/c1-3-28-16-8-5-15(6-9-16)7-10-20(26)24-21-18(13-23)17-11-12-25(14-19(17)30-21)22(27)29-4-2/h5-6,8-9H,3-4,7,10-12,14H2,1-2H3,(H,24,26). The lowest BCUT2D eigenvalue weighted by atomic mass is 10.0. The molecule has 158 valence electrons. The minimum Gasteiger partial charge on any atom is -0.494 e. The summed E-state index contributed by atoms with van der Waals surface area (Å²) in [5, 5.41) is 13.0. The Morgan fingerprint density at radius 1 is 1.23 bits per heavy atom. The highest BCUT2D eigenvalue weighted by Gasteiger charge is 2.28. The first-order valence-electron chi connectivity index (χ1n) is 10.0. The van der Waals surface area contributed by atoms with Crippen molar-refractivity contribution in [3.8, 4) is 11.8 Å². The molecule has 1 aliphatic rings. The molecule has 0 fully saturated rings. The summed E-state index contributed by atoms with van der Waals surface area (Å²) in [4.78, 5) is 27.0. The zero-order chi connectivity index (χ0) is 21.5. The third kappa shape index (κ3) is 5.10. The first-order valence-corrected chi connectivity index (χ1v) is 10.8. The van der Waals surface area contributed by atoms with Crippen LogP contribution in [0.4, 0.5) is 9.80 Å². The molecule has 0 bridgehead atoms. The van der Waals surface area contributed by atoms with E-state index in [2.05, 4.69) is 11.4 Å². The number of benzene rings is 1. The maximum Gasteiger partial charge on any atom is 0.410 e. The van der Waals surface area contributed by atoms with Gasteiger partial charge in [0, 0.05) is 17.8 Å². The van der Waals surface area contributed by atoms with Crippen molar-refractivity contribution in [2.24, 2.45) is 0 Å². The van der Waals surface area contributed by atoms with Gasteiger partial charge in [0.25, 0.3) is 0 Å². The second-order valence-electron chi connectivity index (χ2n) is 6.82. The van der Waals surface area contributed by atoms with E-state index in [1.54, 1.807) is 11.8 Å². The van der Waals surface area contributed by atoms with Crippen LogP contribution in [0.15, 0.2) is 24.3 Å². The van der Waals surface area contributed by atoms with E-state index < -0.39 is 0 Å². The van der Waals surface area contributed by atoms with Crippen LogP contribution in [0, 0.1) is 11.3 Å². The number of hydrogen-bond acceptors (Lipinski definition) is 6. The third-order valence-electron chi connectivity index (χ3n) is 4.82. The van der Waals surface area contributed by atoms with Crippen LogP contribution in [0.25, 0.3) is 0 Å². The summed E-state index contributed by atoms with van der Waals surface area (Å²) < 4.78 is 10.5. The lowest BCUT2D eigenvalue weighted by molar-refractivity contribution is -0.116. The van der Waals surface area contributed by atoms with Crippen molar-refractivity contribution in [1.29, 1.82) is 5.26 Å². The van der Waals surface area contributed by atoms with Gasteiger partial charge in [0.1, 0.15) is 16.8 Å². The molecule has 2 amide bonds. The minimum absolute atomic E-state index is 0.138. The summed E-state index contributed by atoms with van der Waals surface area (Å²) in [6, 6.07) is 9.91. The molecule has 1 aromatic carbocycles. The molecule has 30 heavy (non-hydrogen) atoms. The molecule has 0 unspecified atom stereocenters. The Hall–Kier alpha value is -3.05. The topological polar surface area (TPSA) is 91.7 Å². The highest BCUT2D eigenvalue weighted by Crippen LogP contribution is 2.36. The van der Waals surface area contributed by atoms with E-state index in [9.17, 15) is 14.9 Å². The van der Waals surface area contributed by atoms with Crippen LogP contribution >= 0.6 is 11.3 Å². The number of nitriles is 1. The first-order chi connectivity index (χ1) is 14.5. The molecular weight excluding hydrogens is 402 g/mol. The maximum atomic E-state index is 12.5. The van der Waals surface area contributed by atoms with Crippen molar-refractivity contribution < 1.29 is 19.1 Å². The number of fused-ring (bicyclic) bond motifs is 1. The molecule has 0 spiro atoms. The lowest BCUT2D eigenvalue weighted by Crippen LogP contribution is -2.35. The van der Waals surface area contributed by atoms with E-state index in [1.807, 2.05) is 31.2 Å². The van der Waals surface area contributed by atoms with Crippen LogP contribution in [0.3, 0.4) is 0 Å². The zero-order valence-corrected chi connectivity index (χ0v) is 18.0. The van der Waals surface area contributed by atoms with Gasteiger partial charge in [-0.2, -0.15) is 5.26 Å². The second kappa shape index (κ2) is 10.1. The van der Waals surface area contributed by atoms with Gasteiger partial charge < -0.3 is 19.7 Å². The van der Waals surface area contributed by atoms with Crippen molar-refractivity contribution in [2.45, 2.75) is 39.7 Å². The number of anilines is 1. The van der Waals surface area contributed by atoms with E-state index in [1.165, 1.54) is 11.3 Å². The van der Waals surface area contributed by atoms with Crippen LogP contribution in [-0.4, -0.2) is 36.7 Å². The number of rotatable bonds is 7. The summed E-state index contributed by atoms with van der Waals surface area (Å²) in [5.74, 6) is 0.673. The fraction of sp³-hybridized carbons (Fsp3) is 0.409. The first kappa shape index (κ1) is 21.7. The molecule has 0 saturated heterocycles. The van der Waals surface area contributed by atoms with Gasteiger partial charge in [-0.05, 0) is 49.9 Å². The van der Waals surface area contributed by atoms with Crippen LogP contribution in [-0.2, 0) is 28.9 Å². The number of amides is 2. The van der Waals surface area contributed by atoms with Crippen molar-refractivity contribution in [1.82, 2.24) is 4.90 Å². The number of thiophene rings is 1. The quantitative estimate of drug-likeness (QED) is 0.718. The van der Waals surface area contributed by atoms with Gasteiger partial charge in [-0.15, -0.1) is 11.3 Å². The van der Waals surface area contributed by atoms with Gasteiger partial charge in [0.05, 0.1) is 25.3 Å². The largest absolute Gasteiger partial charge is 0.494 e. The molecular formula is C22H25N3O4S. The summed E-state index contributed by atoms with van der Waals surface area (Å²) in [5.41, 5.74) is 2.47. The highest BCUT2D eigenvalue weighted by molar-refractivity contribution is 7.16. The molecule has 0 radical (unpaired) electrons. The third-order valence-corrected chi connectivity index (χ3v) is 5.95. The van der Waals surface area contributed by atoms with Crippen molar-refractivity contribution in [3.05, 3.63) is 45.8 Å². The molecule has 3 rings (SSSR count). The second-order valence-corrected chi connectivity index (χ2v) is 7.92. The molecule has 0 aliphatic carbocycles. The van der Waals surface area contributed by atoms with Crippen molar-refractivity contribution in [2.75, 3.05) is 25.1 Å². The summed E-state index contributed by atoms with van der Waals surface area (Å²) in [6.07, 6.45) is 1.14.